The molecule has 0 amide bonds. The van der Waals surface area contributed by atoms with E-state index in [1.165, 1.54) is 26.3 Å². The second-order valence-electron chi connectivity index (χ2n) is 5.52. The molecule has 0 atom stereocenters. The van der Waals surface area contributed by atoms with E-state index >= 15 is 0 Å². The van der Waals surface area contributed by atoms with Crippen LogP contribution in [-0.2, 0) is 26.2 Å². The molecule has 0 saturated heterocycles. The van der Waals surface area contributed by atoms with Gasteiger partial charge in [0.05, 0.1) is 16.9 Å². The predicted octanol–water partition coefficient (Wildman–Crippen LogP) is 1.67. The van der Waals surface area contributed by atoms with Gasteiger partial charge in [0.1, 0.15) is 24.6 Å². The van der Waals surface area contributed by atoms with Gasteiger partial charge in [0.25, 0.3) is 5.69 Å². The zero-order valence-corrected chi connectivity index (χ0v) is 16.0. The van der Waals surface area contributed by atoms with Crippen LogP contribution in [0.3, 0.4) is 0 Å². The molecular weight excluding hydrogens is 390 g/mol. The molecule has 150 valence electrons. The number of carbonyl (C=O) groups is 1. The van der Waals surface area contributed by atoms with Gasteiger partial charge in [-0.05, 0) is 29.8 Å². The van der Waals surface area contributed by atoms with E-state index in [0.717, 1.165) is 6.07 Å². The second-order valence-corrected chi connectivity index (χ2v) is 7.29. The maximum Gasteiger partial charge on any atom is 0.321 e. The lowest BCUT2D eigenvalue weighted by Crippen LogP contribution is -2.30. The number of methoxy groups -OCH3 is 1. The quantitative estimate of drug-likeness (QED) is 0.362. The number of nitro groups is 1. The summed E-state index contributed by atoms with van der Waals surface area (Å²) in [5.41, 5.74) is 0.477. The fourth-order valence-corrected chi connectivity index (χ4v) is 3.20. The van der Waals surface area contributed by atoms with E-state index in [4.69, 9.17) is 9.47 Å². The molecule has 11 heteroatoms. The Labute approximate surface area is 161 Å². The number of carbonyl (C=O) groups excluding carboxylic acids is 1. The van der Waals surface area contributed by atoms with Gasteiger partial charge in [0.2, 0.25) is 10.0 Å². The topological polar surface area (TPSA) is 137 Å². The van der Waals surface area contributed by atoms with Crippen LogP contribution < -0.4 is 14.8 Å². The molecule has 0 aliphatic carbocycles. The third-order valence-electron chi connectivity index (χ3n) is 3.71. The molecule has 0 spiro atoms. The summed E-state index contributed by atoms with van der Waals surface area (Å²) in [5.74, 6) is -0.137. The Bertz CT molecular complexity index is 959. The Hall–Kier alpha value is -3.18. The Kier molecular flexibility index (Phi) is 6.90. The number of anilines is 1. The van der Waals surface area contributed by atoms with Crippen LogP contribution >= 0.6 is 0 Å². The molecule has 28 heavy (non-hydrogen) atoms. The van der Waals surface area contributed by atoms with Crippen molar-refractivity contribution in [1.82, 2.24) is 4.72 Å². The van der Waals surface area contributed by atoms with Gasteiger partial charge >= 0.3 is 5.97 Å². The van der Waals surface area contributed by atoms with Crippen LogP contribution in [0.25, 0.3) is 0 Å². The first-order valence-corrected chi connectivity index (χ1v) is 9.49. The normalized spacial score (nSPS) is 10.9. The summed E-state index contributed by atoms with van der Waals surface area (Å²) >= 11 is 0. The molecule has 0 saturated carbocycles. The molecule has 0 aliphatic heterocycles. The molecule has 0 aliphatic rings. The number of ether oxygens (including phenoxy) is 2. The molecule has 2 rings (SSSR count). The minimum Gasteiger partial charge on any atom is -0.497 e. The van der Waals surface area contributed by atoms with Gasteiger partial charge in [-0.2, -0.15) is 4.72 Å². The predicted molar refractivity (Wildman–Crippen MR) is 101 cm³/mol. The van der Waals surface area contributed by atoms with E-state index in [9.17, 15) is 23.3 Å². The number of hydrogen-bond donors (Lipinski definition) is 2. The highest BCUT2D eigenvalue weighted by Gasteiger charge is 2.21. The maximum atomic E-state index is 12.3. The molecule has 0 aromatic heterocycles. The summed E-state index contributed by atoms with van der Waals surface area (Å²) < 4.78 is 36.7. The first-order valence-electron chi connectivity index (χ1n) is 8.01. The Balaban J connectivity index is 1.97. The van der Waals surface area contributed by atoms with Gasteiger partial charge in [-0.15, -0.1) is 0 Å². The van der Waals surface area contributed by atoms with Crippen LogP contribution in [0.5, 0.6) is 5.75 Å². The monoisotopic (exact) mass is 409 g/mol. The Morgan fingerprint density at radius 3 is 2.43 bits per heavy atom. The zero-order valence-electron chi connectivity index (χ0n) is 15.2. The van der Waals surface area contributed by atoms with Crippen LogP contribution in [-0.4, -0.2) is 40.0 Å². The van der Waals surface area contributed by atoms with Gasteiger partial charge in [-0.3, -0.25) is 14.9 Å². The summed E-state index contributed by atoms with van der Waals surface area (Å²) in [6.45, 7) is -0.646. The van der Waals surface area contributed by atoms with Crippen molar-refractivity contribution in [1.29, 1.82) is 0 Å². The lowest BCUT2D eigenvalue weighted by atomic mass is 10.2. The van der Waals surface area contributed by atoms with Crippen LogP contribution in [0.2, 0.25) is 0 Å². The van der Waals surface area contributed by atoms with Crippen LogP contribution in [0.15, 0.2) is 47.4 Å². The van der Waals surface area contributed by atoms with Crippen molar-refractivity contribution in [3.8, 4) is 5.75 Å². The number of nitro benzene ring substituents is 1. The number of benzene rings is 2. The van der Waals surface area contributed by atoms with Crippen LogP contribution in [0.1, 0.15) is 5.56 Å². The number of rotatable bonds is 9. The average Bonchev–Trinajstić information content (AvgIpc) is 2.70. The van der Waals surface area contributed by atoms with E-state index in [2.05, 4.69) is 10.0 Å². The first kappa shape index (κ1) is 21.1. The molecular formula is C17H19N3O7S. The molecule has 0 radical (unpaired) electrons. The Morgan fingerprint density at radius 2 is 1.86 bits per heavy atom. The fraction of sp³-hybridized carbons (Fsp3) is 0.235. The summed E-state index contributed by atoms with van der Waals surface area (Å²) in [4.78, 5) is 21.8. The smallest absolute Gasteiger partial charge is 0.321 e. The fourth-order valence-electron chi connectivity index (χ4n) is 2.21. The van der Waals surface area contributed by atoms with E-state index in [1.807, 2.05) is 0 Å². The third kappa shape index (κ3) is 5.41. The van der Waals surface area contributed by atoms with Crippen molar-refractivity contribution in [2.45, 2.75) is 11.5 Å². The largest absolute Gasteiger partial charge is 0.497 e. The van der Waals surface area contributed by atoms with Gasteiger partial charge < -0.3 is 14.8 Å². The zero-order chi connectivity index (χ0) is 20.7. The molecule has 0 fully saturated rings. The number of sulfonamides is 1. The number of nitrogens with zero attached hydrogens (tertiary/aromatic N) is 1. The van der Waals surface area contributed by atoms with Crippen molar-refractivity contribution in [3.63, 3.8) is 0 Å². The summed E-state index contributed by atoms with van der Waals surface area (Å²) in [6.07, 6.45) is 0. The summed E-state index contributed by atoms with van der Waals surface area (Å²) in [7, 11) is -1.12. The number of hydrogen-bond acceptors (Lipinski definition) is 8. The van der Waals surface area contributed by atoms with Crippen molar-refractivity contribution in [3.05, 3.63) is 58.1 Å². The summed E-state index contributed by atoms with van der Waals surface area (Å²) in [6, 6.07) is 10.2. The molecule has 0 bridgehead atoms. The van der Waals surface area contributed by atoms with Gasteiger partial charge in [-0.25, -0.2) is 8.42 Å². The minimum absolute atomic E-state index is 0.0348. The average molecular weight is 409 g/mol. The SMILES string of the molecule is CNc1ccc(S(=O)(=O)NCC(=O)OCc2ccc(OC)cc2)cc1[N+](=O)[O-]. The highest BCUT2D eigenvalue weighted by atomic mass is 32.2. The van der Waals surface area contributed by atoms with E-state index < -0.39 is 33.1 Å². The lowest BCUT2D eigenvalue weighted by molar-refractivity contribution is -0.384. The van der Waals surface area contributed by atoms with Crippen LogP contribution in [0, 0.1) is 10.1 Å². The molecule has 0 heterocycles. The van der Waals surface area contributed by atoms with Gasteiger partial charge in [0, 0.05) is 13.1 Å². The third-order valence-corrected chi connectivity index (χ3v) is 5.11. The van der Waals surface area contributed by atoms with E-state index in [1.54, 1.807) is 24.3 Å². The van der Waals surface area contributed by atoms with E-state index in [0.29, 0.717) is 11.3 Å². The number of esters is 1. The van der Waals surface area contributed by atoms with Crippen molar-refractivity contribution < 1.29 is 27.6 Å². The molecule has 2 aromatic rings. The molecule has 0 unspecified atom stereocenters. The standard InChI is InChI=1S/C17H19N3O7S/c1-18-15-8-7-14(9-16(15)20(22)23)28(24,25)19-10-17(21)27-11-12-3-5-13(26-2)6-4-12/h3-9,18-19H,10-11H2,1-2H3. The number of nitrogens with one attached hydrogen (secondary N) is 2. The summed E-state index contributed by atoms with van der Waals surface area (Å²) in [5, 5.41) is 13.7. The highest BCUT2D eigenvalue weighted by molar-refractivity contribution is 7.89. The van der Waals surface area contributed by atoms with Gasteiger partial charge in [0.15, 0.2) is 0 Å². The maximum absolute atomic E-state index is 12.3. The lowest BCUT2D eigenvalue weighted by Gasteiger charge is -2.09. The van der Waals surface area contributed by atoms with Crippen molar-refractivity contribution in [2.75, 3.05) is 26.0 Å². The van der Waals surface area contributed by atoms with Crippen LogP contribution in [0.4, 0.5) is 11.4 Å². The molecule has 2 N–H and O–H groups in total. The second kappa shape index (κ2) is 9.15. The Morgan fingerprint density at radius 1 is 1.18 bits per heavy atom. The van der Waals surface area contributed by atoms with Gasteiger partial charge in [-0.1, -0.05) is 12.1 Å². The molecule has 2 aromatic carbocycles. The minimum atomic E-state index is -4.13. The molecule has 10 nitrogen and oxygen atoms in total. The highest BCUT2D eigenvalue weighted by Crippen LogP contribution is 2.26. The van der Waals surface area contributed by atoms with E-state index in [-0.39, 0.29) is 17.2 Å². The van der Waals surface area contributed by atoms with Crippen molar-refractivity contribution in [2.24, 2.45) is 0 Å². The first-order chi connectivity index (χ1) is 13.3. The van der Waals surface area contributed by atoms with Crippen molar-refractivity contribution >= 4 is 27.4 Å².